The Balaban J connectivity index is 1.27. The van der Waals surface area contributed by atoms with Crippen molar-refractivity contribution in [3.63, 3.8) is 0 Å². The van der Waals surface area contributed by atoms with E-state index in [-0.39, 0.29) is 6.71 Å². The van der Waals surface area contributed by atoms with Crippen LogP contribution in [0.15, 0.2) is 158 Å². The fourth-order valence-electron chi connectivity index (χ4n) is 9.52. The van der Waals surface area contributed by atoms with Gasteiger partial charge in [-0.15, -0.1) is 0 Å². The third-order valence-corrected chi connectivity index (χ3v) is 11.9. The topological polar surface area (TPSA) is 6.48 Å². The maximum absolute atomic E-state index is 2.58. The van der Waals surface area contributed by atoms with Crippen molar-refractivity contribution in [2.24, 2.45) is 0 Å². The molecule has 10 rings (SSSR count). The highest BCUT2D eigenvalue weighted by Crippen LogP contribution is 2.47. The number of nitrogens with zero attached hydrogens (tertiary/aromatic N) is 2. The molecule has 7 aromatic carbocycles. The Kier molecular flexibility index (Phi) is 7.83. The summed E-state index contributed by atoms with van der Waals surface area (Å²) in [4.78, 5) is 5.16. The Bertz CT molecular complexity index is 2440. The van der Waals surface area contributed by atoms with Crippen LogP contribution in [0.1, 0.15) is 54.7 Å². The minimum absolute atomic E-state index is 0.0947. The number of hydrogen-bond acceptors (Lipinski definition) is 2. The molecule has 0 saturated heterocycles. The van der Waals surface area contributed by atoms with Gasteiger partial charge in [-0.1, -0.05) is 128 Å². The lowest BCUT2D eigenvalue weighted by Gasteiger charge is -2.45. The van der Waals surface area contributed by atoms with Crippen molar-refractivity contribution < 1.29 is 0 Å². The van der Waals surface area contributed by atoms with Crippen molar-refractivity contribution in [2.45, 2.75) is 51.9 Å². The fourth-order valence-corrected chi connectivity index (χ4v) is 9.52. The normalized spacial score (nSPS) is 14.8. The quantitative estimate of drug-likeness (QED) is 0.167. The molecule has 2 aliphatic heterocycles. The number of fused-ring (bicyclic) bond motifs is 4. The molecule has 2 nitrogen and oxygen atoms in total. The summed E-state index contributed by atoms with van der Waals surface area (Å²) in [5, 5.41) is 0. The van der Waals surface area contributed by atoms with Gasteiger partial charge in [-0.05, 0) is 136 Å². The van der Waals surface area contributed by atoms with Gasteiger partial charge in [-0.25, -0.2) is 0 Å². The summed E-state index contributed by atoms with van der Waals surface area (Å²) >= 11 is 0. The Morgan fingerprint density at radius 1 is 0.434 bits per heavy atom. The molecular weight excluding hydrogens is 639 g/mol. The average molecular weight is 683 g/mol. The summed E-state index contributed by atoms with van der Waals surface area (Å²) in [5.41, 5.74) is 20.7. The molecule has 3 heteroatoms. The van der Waals surface area contributed by atoms with E-state index in [1.165, 1.54) is 122 Å². The van der Waals surface area contributed by atoms with Crippen LogP contribution in [0.4, 0.5) is 34.1 Å². The third-order valence-electron chi connectivity index (χ3n) is 11.9. The van der Waals surface area contributed by atoms with Crippen molar-refractivity contribution >= 4 is 57.2 Å². The van der Waals surface area contributed by atoms with Crippen LogP contribution in [0.25, 0.3) is 22.3 Å². The highest BCUT2D eigenvalue weighted by molar-refractivity contribution is 7.00. The van der Waals surface area contributed by atoms with Crippen molar-refractivity contribution in [3.8, 4) is 22.3 Å². The zero-order chi connectivity index (χ0) is 35.5. The molecule has 0 spiro atoms. The van der Waals surface area contributed by atoms with Crippen LogP contribution in [0.2, 0.25) is 0 Å². The smallest absolute Gasteiger partial charge is 0.252 e. The Morgan fingerprint density at radius 3 is 1.66 bits per heavy atom. The lowest BCUT2D eigenvalue weighted by Crippen LogP contribution is -2.61. The van der Waals surface area contributed by atoms with E-state index in [4.69, 9.17) is 0 Å². The molecule has 0 bridgehead atoms. The molecule has 0 aromatic heterocycles. The molecule has 0 N–H and O–H groups in total. The molecule has 256 valence electrons. The van der Waals surface area contributed by atoms with Gasteiger partial charge in [0.1, 0.15) is 0 Å². The zero-order valence-electron chi connectivity index (χ0n) is 30.6. The van der Waals surface area contributed by atoms with Crippen molar-refractivity contribution in [1.29, 1.82) is 0 Å². The fraction of sp³-hybridized carbons (Fsp3) is 0.160. The molecule has 1 saturated carbocycles. The summed E-state index contributed by atoms with van der Waals surface area (Å²) in [5.74, 6) is 0.561. The van der Waals surface area contributed by atoms with E-state index in [0.717, 1.165) is 0 Å². The van der Waals surface area contributed by atoms with Crippen LogP contribution < -0.4 is 26.2 Å². The first-order valence-electron chi connectivity index (χ1n) is 19.4. The van der Waals surface area contributed by atoms with E-state index in [9.17, 15) is 0 Å². The van der Waals surface area contributed by atoms with Gasteiger partial charge < -0.3 is 9.80 Å². The van der Waals surface area contributed by atoms with Gasteiger partial charge in [0.05, 0.1) is 0 Å². The van der Waals surface area contributed by atoms with E-state index in [2.05, 4.69) is 181 Å². The summed E-state index contributed by atoms with van der Waals surface area (Å²) < 4.78 is 0. The molecular formula is C50H43BN2. The van der Waals surface area contributed by atoms with Crippen LogP contribution in [-0.4, -0.2) is 6.71 Å². The Labute approximate surface area is 314 Å². The van der Waals surface area contributed by atoms with Crippen molar-refractivity contribution in [2.75, 3.05) is 9.80 Å². The average Bonchev–Trinajstić information content (AvgIpc) is 3.21. The van der Waals surface area contributed by atoms with Crippen LogP contribution in [0.3, 0.4) is 0 Å². The Hall–Kier alpha value is -5.80. The van der Waals surface area contributed by atoms with Gasteiger partial charge in [0, 0.05) is 34.1 Å². The highest BCUT2D eigenvalue weighted by Gasteiger charge is 2.44. The molecule has 3 aliphatic rings. The molecule has 0 amide bonds. The number of benzene rings is 7. The predicted octanol–water partition coefficient (Wildman–Crippen LogP) is 11.8. The molecule has 2 heterocycles. The molecule has 53 heavy (non-hydrogen) atoms. The second kappa shape index (κ2) is 13.0. The SMILES string of the molecule is Cc1cc(C)cc(N2c3ccccc3B3c4cc(-c5ccccc5)ccc4N(c4ccc(-c5ccccc5)cc4)c4cc(C5CCCCC5)cc2c43)c1. The summed E-state index contributed by atoms with van der Waals surface area (Å²) in [6.07, 6.45) is 6.46. The summed E-state index contributed by atoms with van der Waals surface area (Å²) in [7, 11) is 0. The van der Waals surface area contributed by atoms with Crippen LogP contribution in [-0.2, 0) is 0 Å². The van der Waals surface area contributed by atoms with Crippen molar-refractivity contribution in [1.82, 2.24) is 0 Å². The number of aryl methyl sites for hydroxylation is 2. The second-order valence-corrected chi connectivity index (χ2v) is 15.4. The minimum Gasteiger partial charge on any atom is -0.311 e. The number of para-hydroxylation sites is 1. The molecule has 1 fully saturated rings. The lowest BCUT2D eigenvalue weighted by molar-refractivity contribution is 0.444. The summed E-state index contributed by atoms with van der Waals surface area (Å²) in [6.45, 7) is 4.55. The molecule has 0 radical (unpaired) electrons. The monoisotopic (exact) mass is 682 g/mol. The van der Waals surface area contributed by atoms with Crippen LogP contribution >= 0.6 is 0 Å². The van der Waals surface area contributed by atoms with Gasteiger partial charge in [0.15, 0.2) is 0 Å². The zero-order valence-corrected chi connectivity index (χ0v) is 30.6. The van der Waals surface area contributed by atoms with Gasteiger partial charge in [0.2, 0.25) is 0 Å². The maximum atomic E-state index is 2.58. The first-order valence-corrected chi connectivity index (χ1v) is 19.4. The van der Waals surface area contributed by atoms with Crippen LogP contribution in [0, 0.1) is 13.8 Å². The highest BCUT2D eigenvalue weighted by atomic mass is 15.2. The largest absolute Gasteiger partial charge is 0.311 e. The van der Waals surface area contributed by atoms with Gasteiger partial charge in [-0.2, -0.15) is 0 Å². The number of anilines is 6. The minimum atomic E-state index is 0.0947. The summed E-state index contributed by atoms with van der Waals surface area (Å²) in [6, 6.07) is 59.4. The van der Waals surface area contributed by atoms with Gasteiger partial charge in [0.25, 0.3) is 6.71 Å². The van der Waals surface area contributed by atoms with E-state index < -0.39 is 0 Å². The molecule has 7 aromatic rings. The predicted molar refractivity (Wildman–Crippen MR) is 227 cm³/mol. The molecule has 1 aliphatic carbocycles. The first-order chi connectivity index (χ1) is 26.1. The maximum Gasteiger partial charge on any atom is 0.252 e. The van der Waals surface area contributed by atoms with E-state index in [1.54, 1.807) is 0 Å². The van der Waals surface area contributed by atoms with Gasteiger partial charge >= 0.3 is 0 Å². The van der Waals surface area contributed by atoms with Crippen LogP contribution in [0.5, 0.6) is 0 Å². The Morgan fingerprint density at radius 2 is 0.981 bits per heavy atom. The van der Waals surface area contributed by atoms with Crippen molar-refractivity contribution in [3.05, 3.63) is 174 Å². The van der Waals surface area contributed by atoms with E-state index >= 15 is 0 Å². The third kappa shape index (κ3) is 5.49. The lowest BCUT2D eigenvalue weighted by atomic mass is 9.33. The molecule has 0 atom stereocenters. The first kappa shape index (κ1) is 31.9. The van der Waals surface area contributed by atoms with E-state index in [0.29, 0.717) is 5.92 Å². The number of rotatable bonds is 5. The second-order valence-electron chi connectivity index (χ2n) is 15.4. The standard InChI is InChI=1S/C50H43BN2/c1-34-28-35(2)30-43(29-34)53-46-21-13-12-20-44(46)51-45-31-40(37-16-8-4-9-17-37)24-27-47(45)52(42-25-22-39(23-26-42)36-14-6-3-7-15-36)48-32-41(33-49(53)50(48)51)38-18-10-5-11-19-38/h3-4,6-9,12-17,20-33,38H,5,10-11,18-19H2,1-2H3. The van der Waals surface area contributed by atoms with E-state index in [1.807, 2.05) is 0 Å². The van der Waals surface area contributed by atoms with Gasteiger partial charge in [-0.3, -0.25) is 0 Å². The number of hydrogen-bond donors (Lipinski definition) is 0. The molecule has 0 unspecified atom stereocenters.